The first-order valence-electron chi connectivity index (χ1n) is 9.89. The summed E-state index contributed by atoms with van der Waals surface area (Å²) >= 11 is 0. The molecule has 10 heteroatoms. The van der Waals surface area contributed by atoms with Crippen molar-refractivity contribution in [3.05, 3.63) is 64.2 Å². The summed E-state index contributed by atoms with van der Waals surface area (Å²) in [4.78, 5) is 35.0. The van der Waals surface area contributed by atoms with Crippen LogP contribution in [-0.4, -0.2) is 52.0 Å². The number of carbonyl (C=O) groups is 1. The highest BCUT2D eigenvalue weighted by atomic mass is 16.5. The molecule has 0 unspecified atom stereocenters. The molecule has 10 nitrogen and oxygen atoms in total. The van der Waals surface area contributed by atoms with Crippen LogP contribution >= 0.6 is 0 Å². The Morgan fingerprint density at radius 3 is 2.45 bits per heavy atom. The quantitative estimate of drug-likeness (QED) is 0.640. The molecule has 3 heterocycles. The highest BCUT2D eigenvalue weighted by Gasteiger charge is 2.14. The van der Waals surface area contributed by atoms with Crippen molar-refractivity contribution in [3.8, 4) is 0 Å². The summed E-state index contributed by atoms with van der Waals surface area (Å²) in [5.41, 5.74) is 2.14. The van der Waals surface area contributed by atoms with Crippen LogP contribution in [0.1, 0.15) is 16.2 Å². The van der Waals surface area contributed by atoms with Crippen LogP contribution < -0.4 is 21.1 Å². The number of ether oxygens (including phenoxy) is 1. The number of nitrogens with one attached hydrogen (secondary N) is 2. The third-order valence-electron chi connectivity index (χ3n) is 4.77. The molecule has 1 saturated heterocycles. The van der Waals surface area contributed by atoms with Gasteiger partial charge in [-0.15, -0.1) is 0 Å². The van der Waals surface area contributed by atoms with Gasteiger partial charge in [-0.25, -0.2) is 9.67 Å². The summed E-state index contributed by atoms with van der Waals surface area (Å²) in [6, 6.07) is 11.8. The van der Waals surface area contributed by atoms with Gasteiger partial charge in [0.15, 0.2) is 0 Å². The third kappa shape index (κ3) is 5.04. The zero-order valence-corrected chi connectivity index (χ0v) is 17.3. The molecule has 0 aliphatic carbocycles. The molecule has 1 fully saturated rings. The van der Waals surface area contributed by atoms with E-state index in [9.17, 15) is 9.59 Å². The van der Waals surface area contributed by atoms with E-state index in [1.807, 2.05) is 25.1 Å². The Morgan fingerprint density at radius 1 is 1.03 bits per heavy atom. The van der Waals surface area contributed by atoms with Gasteiger partial charge in [0.05, 0.1) is 13.2 Å². The summed E-state index contributed by atoms with van der Waals surface area (Å²) in [6.07, 6.45) is 0. The monoisotopic (exact) mass is 421 g/mol. The van der Waals surface area contributed by atoms with Crippen LogP contribution in [0.2, 0.25) is 0 Å². The number of aryl methyl sites for hydroxylation is 2. The Labute approximate surface area is 178 Å². The smallest absolute Gasteiger partial charge is 0.276 e. The van der Waals surface area contributed by atoms with Gasteiger partial charge in [0.2, 0.25) is 5.95 Å². The van der Waals surface area contributed by atoms with Gasteiger partial charge in [0.1, 0.15) is 11.5 Å². The van der Waals surface area contributed by atoms with Crippen LogP contribution in [0.5, 0.6) is 0 Å². The lowest BCUT2D eigenvalue weighted by molar-refractivity contribution is 0.102. The molecule has 0 saturated carbocycles. The predicted molar refractivity (Wildman–Crippen MR) is 117 cm³/mol. The first kappa shape index (κ1) is 20.5. The SMILES string of the molecule is Cc1cc(N2CCOCC2)nc(Nc2ccc(NC(=O)c3ccc(=O)n(C)n3)cc2)n1. The Kier molecular flexibility index (Phi) is 5.89. The number of aromatic nitrogens is 4. The molecule has 1 aromatic carbocycles. The van der Waals surface area contributed by atoms with Crippen LogP contribution in [0.25, 0.3) is 0 Å². The summed E-state index contributed by atoms with van der Waals surface area (Å²) in [5, 5.41) is 9.92. The average Bonchev–Trinajstić information content (AvgIpc) is 2.77. The highest BCUT2D eigenvalue weighted by Crippen LogP contribution is 2.21. The van der Waals surface area contributed by atoms with Crippen LogP contribution in [0.3, 0.4) is 0 Å². The summed E-state index contributed by atoms with van der Waals surface area (Å²) in [7, 11) is 1.50. The van der Waals surface area contributed by atoms with E-state index in [1.165, 1.54) is 19.2 Å². The number of nitrogens with zero attached hydrogens (tertiary/aromatic N) is 5. The van der Waals surface area contributed by atoms with Crippen molar-refractivity contribution < 1.29 is 9.53 Å². The van der Waals surface area contributed by atoms with E-state index < -0.39 is 5.91 Å². The van der Waals surface area contributed by atoms with Crippen LogP contribution in [0.4, 0.5) is 23.1 Å². The number of hydrogen-bond donors (Lipinski definition) is 2. The lowest BCUT2D eigenvalue weighted by atomic mass is 10.2. The first-order chi connectivity index (χ1) is 15.0. The fraction of sp³-hybridized carbons (Fsp3) is 0.286. The Bertz CT molecular complexity index is 1140. The van der Waals surface area contributed by atoms with Gasteiger partial charge in [0, 0.05) is 49.3 Å². The maximum Gasteiger partial charge on any atom is 0.276 e. The second-order valence-corrected chi connectivity index (χ2v) is 7.13. The topological polar surface area (TPSA) is 114 Å². The van der Waals surface area contributed by atoms with Crippen LogP contribution in [0.15, 0.2) is 47.3 Å². The molecule has 4 rings (SSSR count). The minimum absolute atomic E-state index is 0.160. The standard InChI is InChI=1S/C21H23N7O3/c1-14-13-18(28-9-11-31-12-10-28)25-21(22-14)24-16-5-3-15(4-6-16)23-20(30)17-7-8-19(29)27(2)26-17/h3-8,13H,9-12H2,1-2H3,(H,23,30)(H,22,24,25). The molecule has 3 aromatic rings. The minimum atomic E-state index is -0.395. The molecule has 160 valence electrons. The van der Waals surface area contributed by atoms with Gasteiger partial charge in [-0.05, 0) is 37.3 Å². The Balaban J connectivity index is 1.43. The van der Waals surface area contributed by atoms with Gasteiger partial charge < -0.3 is 20.3 Å². The van der Waals surface area contributed by atoms with E-state index in [0.29, 0.717) is 24.8 Å². The van der Waals surface area contributed by atoms with E-state index in [-0.39, 0.29) is 11.3 Å². The largest absolute Gasteiger partial charge is 0.378 e. The number of amides is 1. The molecule has 31 heavy (non-hydrogen) atoms. The highest BCUT2D eigenvalue weighted by molar-refractivity contribution is 6.02. The van der Waals surface area contributed by atoms with Crippen molar-refractivity contribution in [2.24, 2.45) is 7.05 Å². The van der Waals surface area contributed by atoms with Crippen molar-refractivity contribution in [1.82, 2.24) is 19.7 Å². The summed E-state index contributed by atoms with van der Waals surface area (Å²) in [5.74, 6) is 0.980. The Hall–Kier alpha value is -3.79. The van der Waals surface area contributed by atoms with E-state index in [2.05, 4.69) is 30.6 Å². The van der Waals surface area contributed by atoms with Crippen molar-refractivity contribution in [2.45, 2.75) is 6.92 Å². The summed E-state index contributed by atoms with van der Waals surface area (Å²) < 4.78 is 6.53. The third-order valence-corrected chi connectivity index (χ3v) is 4.77. The average molecular weight is 421 g/mol. The number of rotatable bonds is 5. The van der Waals surface area contributed by atoms with Crippen molar-refractivity contribution in [3.63, 3.8) is 0 Å². The minimum Gasteiger partial charge on any atom is -0.378 e. The normalized spacial score (nSPS) is 13.7. The number of anilines is 4. The molecule has 1 amide bonds. The molecule has 0 radical (unpaired) electrons. The molecule has 0 atom stereocenters. The summed E-state index contributed by atoms with van der Waals surface area (Å²) in [6.45, 7) is 4.91. The van der Waals surface area contributed by atoms with E-state index in [0.717, 1.165) is 35.0 Å². The van der Waals surface area contributed by atoms with Crippen molar-refractivity contribution in [2.75, 3.05) is 41.8 Å². The fourth-order valence-corrected chi connectivity index (χ4v) is 3.15. The molecule has 0 bridgehead atoms. The maximum atomic E-state index is 12.3. The van der Waals surface area contributed by atoms with E-state index >= 15 is 0 Å². The molecule has 1 aliphatic heterocycles. The van der Waals surface area contributed by atoms with Gasteiger partial charge in [-0.2, -0.15) is 10.1 Å². The predicted octanol–water partition coefficient (Wildman–Crippen LogP) is 1.71. The maximum absolute atomic E-state index is 12.3. The van der Waals surface area contributed by atoms with Gasteiger partial charge >= 0.3 is 0 Å². The van der Waals surface area contributed by atoms with Crippen LogP contribution in [-0.2, 0) is 11.8 Å². The second-order valence-electron chi connectivity index (χ2n) is 7.13. The lowest BCUT2D eigenvalue weighted by Crippen LogP contribution is -2.36. The first-order valence-corrected chi connectivity index (χ1v) is 9.89. The van der Waals surface area contributed by atoms with Gasteiger partial charge in [0.25, 0.3) is 11.5 Å². The number of benzene rings is 1. The fourth-order valence-electron chi connectivity index (χ4n) is 3.15. The number of morpholine rings is 1. The van der Waals surface area contributed by atoms with E-state index in [1.54, 1.807) is 12.1 Å². The van der Waals surface area contributed by atoms with Gasteiger partial charge in [-0.1, -0.05) is 0 Å². The van der Waals surface area contributed by atoms with E-state index in [4.69, 9.17) is 4.74 Å². The zero-order valence-electron chi connectivity index (χ0n) is 17.3. The molecule has 2 N–H and O–H groups in total. The molecule has 1 aliphatic rings. The second kappa shape index (κ2) is 8.92. The Morgan fingerprint density at radius 2 is 1.74 bits per heavy atom. The molecular formula is C21H23N7O3. The van der Waals surface area contributed by atoms with Gasteiger partial charge in [-0.3, -0.25) is 9.59 Å². The molecule has 0 spiro atoms. The van der Waals surface area contributed by atoms with Crippen molar-refractivity contribution >= 4 is 29.0 Å². The van der Waals surface area contributed by atoms with Crippen LogP contribution in [0, 0.1) is 6.92 Å². The molecular weight excluding hydrogens is 398 g/mol. The number of hydrogen-bond acceptors (Lipinski definition) is 8. The molecule has 2 aromatic heterocycles. The number of carbonyl (C=O) groups excluding carboxylic acids is 1. The lowest BCUT2D eigenvalue weighted by Gasteiger charge is -2.28. The zero-order chi connectivity index (χ0) is 21.8. The van der Waals surface area contributed by atoms with Crippen molar-refractivity contribution in [1.29, 1.82) is 0 Å².